The van der Waals surface area contributed by atoms with Crippen molar-refractivity contribution >= 4 is 15.9 Å². The molecule has 0 radical (unpaired) electrons. The topological polar surface area (TPSA) is 12.0 Å². The molecule has 1 atom stereocenters. The lowest BCUT2D eigenvalue weighted by atomic mass is 10.0. The van der Waals surface area contributed by atoms with E-state index in [4.69, 9.17) is 0 Å². The van der Waals surface area contributed by atoms with E-state index < -0.39 is 0 Å². The second-order valence-electron chi connectivity index (χ2n) is 3.66. The fourth-order valence-electron chi connectivity index (χ4n) is 1.85. The van der Waals surface area contributed by atoms with E-state index in [2.05, 4.69) is 46.4 Å². The minimum absolute atomic E-state index is 0.590. The summed E-state index contributed by atoms with van der Waals surface area (Å²) in [7, 11) is 0. The first-order valence-corrected chi connectivity index (χ1v) is 5.56. The van der Waals surface area contributed by atoms with Crippen LogP contribution in [-0.4, -0.2) is 6.54 Å². The molecule has 1 N–H and O–H groups in total. The Morgan fingerprint density at radius 2 is 2.31 bits per heavy atom. The van der Waals surface area contributed by atoms with Crippen LogP contribution < -0.4 is 5.32 Å². The van der Waals surface area contributed by atoms with Crippen molar-refractivity contribution in [2.45, 2.75) is 25.8 Å². The van der Waals surface area contributed by atoms with Gasteiger partial charge in [-0.25, -0.2) is 0 Å². The molecule has 1 fully saturated rings. The smallest absolute Gasteiger partial charge is 0.0320 e. The molecule has 1 nitrogen and oxygen atoms in total. The van der Waals surface area contributed by atoms with Crippen LogP contribution in [0.25, 0.3) is 0 Å². The summed E-state index contributed by atoms with van der Waals surface area (Å²) in [5, 5.41) is 3.50. The SMILES string of the molecule is Cc1cc(C2CCCN2)ccc1Br. The van der Waals surface area contributed by atoms with E-state index in [-0.39, 0.29) is 0 Å². The molecule has 1 aliphatic heterocycles. The van der Waals surface area contributed by atoms with Gasteiger partial charge in [0.2, 0.25) is 0 Å². The van der Waals surface area contributed by atoms with Crippen molar-refractivity contribution in [3.8, 4) is 0 Å². The van der Waals surface area contributed by atoms with Crippen LogP contribution in [0.1, 0.15) is 30.0 Å². The van der Waals surface area contributed by atoms with Crippen LogP contribution >= 0.6 is 15.9 Å². The zero-order valence-electron chi connectivity index (χ0n) is 7.81. The number of rotatable bonds is 1. The van der Waals surface area contributed by atoms with E-state index in [9.17, 15) is 0 Å². The van der Waals surface area contributed by atoms with Gasteiger partial charge in [0.1, 0.15) is 0 Å². The van der Waals surface area contributed by atoms with Crippen molar-refractivity contribution in [3.05, 3.63) is 33.8 Å². The Hall–Kier alpha value is -0.340. The highest BCUT2D eigenvalue weighted by Crippen LogP contribution is 2.26. The van der Waals surface area contributed by atoms with Crippen LogP contribution in [0.5, 0.6) is 0 Å². The summed E-state index contributed by atoms with van der Waals surface area (Å²) in [6.45, 7) is 3.31. The van der Waals surface area contributed by atoms with Crippen molar-refractivity contribution in [3.63, 3.8) is 0 Å². The summed E-state index contributed by atoms with van der Waals surface area (Å²) in [5.41, 5.74) is 2.75. The zero-order valence-corrected chi connectivity index (χ0v) is 9.39. The molecule has 1 aliphatic rings. The molecule has 0 amide bonds. The molecule has 2 heteroatoms. The van der Waals surface area contributed by atoms with Gasteiger partial charge in [-0.2, -0.15) is 0 Å². The Bertz CT molecular complexity index is 303. The Labute approximate surface area is 87.7 Å². The summed E-state index contributed by atoms with van der Waals surface area (Å²) in [5.74, 6) is 0. The summed E-state index contributed by atoms with van der Waals surface area (Å²) < 4.78 is 1.20. The predicted molar refractivity (Wildman–Crippen MR) is 58.9 cm³/mol. The maximum Gasteiger partial charge on any atom is 0.0320 e. The molecule has 1 aromatic rings. The lowest BCUT2D eigenvalue weighted by Crippen LogP contribution is -2.12. The first-order valence-electron chi connectivity index (χ1n) is 4.77. The molecule has 2 rings (SSSR count). The summed E-state index contributed by atoms with van der Waals surface area (Å²) in [4.78, 5) is 0. The Morgan fingerprint density at radius 3 is 2.92 bits per heavy atom. The predicted octanol–water partition coefficient (Wildman–Crippen LogP) is 3.18. The third-order valence-electron chi connectivity index (χ3n) is 2.64. The molecule has 1 saturated heterocycles. The molecule has 1 heterocycles. The molecule has 0 aliphatic carbocycles. The second-order valence-corrected chi connectivity index (χ2v) is 4.51. The number of aryl methyl sites for hydroxylation is 1. The van der Waals surface area contributed by atoms with Gasteiger partial charge in [0.15, 0.2) is 0 Å². The van der Waals surface area contributed by atoms with Gasteiger partial charge in [0.25, 0.3) is 0 Å². The Kier molecular flexibility index (Phi) is 2.70. The van der Waals surface area contributed by atoms with Gasteiger partial charge < -0.3 is 5.32 Å². The van der Waals surface area contributed by atoms with Crippen LogP contribution in [0.2, 0.25) is 0 Å². The van der Waals surface area contributed by atoms with E-state index in [1.165, 1.54) is 35.0 Å². The summed E-state index contributed by atoms with van der Waals surface area (Å²) >= 11 is 3.52. The van der Waals surface area contributed by atoms with Crippen LogP contribution in [0.4, 0.5) is 0 Å². The van der Waals surface area contributed by atoms with Gasteiger partial charge in [-0.3, -0.25) is 0 Å². The van der Waals surface area contributed by atoms with E-state index >= 15 is 0 Å². The van der Waals surface area contributed by atoms with E-state index in [1.807, 2.05) is 0 Å². The van der Waals surface area contributed by atoms with Gasteiger partial charge >= 0.3 is 0 Å². The first-order chi connectivity index (χ1) is 6.27. The fourth-order valence-corrected chi connectivity index (χ4v) is 2.10. The van der Waals surface area contributed by atoms with E-state index in [1.54, 1.807) is 0 Å². The van der Waals surface area contributed by atoms with Crippen molar-refractivity contribution in [2.75, 3.05) is 6.54 Å². The van der Waals surface area contributed by atoms with E-state index in [0.29, 0.717) is 6.04 Å². The van der Waals surface area contributed by atoms with Crippen molar-refractivity contribution in [1.29, 1.82) is 0 Å². The third-order valence-corrected chi connectivity index (χ3v) is 3.53. The molecule has 0 bridgehead atoms. The average Bonchev–Trinajstić information content (AvgIpc) is 2.62. The van der Waals surface area contributed by atoms with E-state index in [0.717, 1.165) is 0 Å². The van der Waals surface area contributed by atoms with Gasteiger partial charge in [-0.05, 0) is 43.5 Å². The molecule has 1 unspecified atom stereocenters. The number of benzene rings is 1. The first kappa shape index (κ1) is 9.22. The van der Waals surface area contributed by atoms with Gasteiger partial charge in [0, 0.05) is 10.5 Å². The number of hydrogen-bond donors (Lipinski definition) is 1. The highest BCUT2D eigenvalue weighted by Gasteiger charge is 2.15. The second kappa shape index (κ2) is 3.81. The summed E-state index contributed by atoms with van der Waals surface area (Å²) in [6.07, 6.45) is 2.58. The standard InChI is InChI=1S/C11H14BrN/c1-8-7-9(4-5-10(8)12)11-3-2-6-13-11/h4-5,7,11,13H,2-3,6H2,1H3. The van der Waals surface area contributed by atoms with Crippen molar-refractivity contribution in [1.82, 2.24) is 5.32 Å². The molecule has 0 saturated carbocycles. The monoisotopic (exact) mass is 239 g/mol. The number of hydrogen-bond acceptors (Lipinski definition) is 1. The molecule has 1 aromatic carbocycles. The van der Waals surface area contributed by atoms with Gasteiger partial charge in [0.05, 0.1) is 0 Å². The minimum atomic E-state index is 0.590. The molecule has 0 aromatic heterocycles. The van der Waals surface area contributed by atoms with Crippen LogP contribution in [0, 0.1) is 6.92 Å². The maximum absolute atomic E-state index is 3.52. The molecule has 70 valence electrons. The van der Waals surface area contributed by atoms with Gasteiger partial charge in [-0.1, -0.05) is 28.1 Å². The van der Waals surface area contributed by atoms with Crippen LogP contribution in [-0.2, 0) is 0 Å². The maximum atomic E-state index is 3.52. The zero-order chi connectivity index (χ0) is 9.26. The average molecular weight is 240 g/mol. The van der Waals surface area contributed by atoms with Crippen LogP contribution in [0.15, 0.2) is 22.7 Å². The highest BCUT2D eigenvalue weighted by molar-refractivity contribution is 9.10. The lowest BCUT2D eigenvalue weighted by molar-refractivity contribution is 0.647. The van der Waals surface area contributed by atoms with Gasteiger partial charge in [-0.15, -0.1) is 0 Å². The number of halogens is 1. The number of nitrogens with one attached hydrogen (secondary N) is 1. The van der Waals surface area contributed by atoms with Crippen LogP contribution in [0.3, 0.4) is 0 Å². The summed E-state index contributed by atoms with van der Waals surface area (Å²) in [6, 6.07) is 7.21. The minimum Gasteiger partial charge on any atom is -0.310 e. The normalized spacial score (nSPS) is 22.2. The molecule has 0 spiro atoms. The van der Waals surface area contributed by atoms with Crippen molar-refractivity contribution < 1.29 is 0 Å². The Balaban J connectivity index is 2.25. The quantitative estimate of drug-likeness (QED) is 0.794. The Morgan fingerprint density at radius 1 is 1.46 bits per heavy atom. The van der Waals surface area contributed by atoms with Crippen molar-refractivity contribution in [2.24, 2.45) is 0 Å². The molecular formula is C11H14BrN. The lowest BCUT2D eigenvalue weighted by Gasteiger charge is -2.11. The molecular weight excluding hydrogens is 226 g/mol. The fraction of sp³-hybridized carbons (Fsp3) is 0.455. The third kappa shape index (κ3) is 1.94. The largest absolute Gasteiger partial charge is 0.310 e. The molecule has 13 heavy (non-hydrogen) atoms. The highest BCUT2D eigenvalue weighted by atomic mass is 79.9.